The summed E-state index contributed by atoms with van der Waals surface area (Å²) in [6, 6.07) is 0. The van der Waals surface area contributed by atoms with E-state index in [4.69, 9.17) is 0 Å². The molecule has 0 amide bonds. The molecule has 0 spiro atoms. The van der Waals surface area contributed by atoms with Crippen molar-refractivity contribution < 1.29 is 15.3 Å². The van der Waals surface area contributed by atoms with Crippen LogP contribution >= 0.6 is 0 Å². The van der Waals surface area contributed by atoms with Crippen molar-refractivity contribution in [3.05, 3.63) is 35.5 Å². The summed E-state index contributed by atoms with van der Waals surface area (Å²) in [5.41, 5.74) is 3.11. The van der Waals surface area contributed by atoms with Crippen molar-refractivity contribution in [2.75, 3.05) is 0 Å². The molecule has 170 valence electrons. The Morgan fingerprint density at radius 2 is 1.83 bits per heavy atom. The van der Waals surface area contributed by atoms with E-state index in [1.807, 2.05) is 13.8 Å². The molecule has 6 atom stereocenters. The zero-order valence-corrected chi connectivity index (χ0v) is 19.7. The maximum absolute atomic E-state index is 10.1. The van der Waals surface area contributed by atoms with Crippen LogP contribution in [-0.4, -0.2) is 33.1 Å². The first-order valence-corrected chi connectivity index (χ1v) is 12.2. The third-order valence-electron chi connectivity index (χ3n) is 8.47. The maximum Gasteiger partial charge on any atom is 0.0809 e. The van der Waals surface area contributed by atoms with Crippen LogP contribution in [0.1, 0.15) is 91.9 Å². The standard InChI is InChI=1S/C27H44O3/c1-18(8-6-14-26(3,4)30)22-12-13-23-21(9-7-15-27(22,23)5)11-10-20-16-24(28)19(2)25(29)17-20/h10-11,18,22-25,28-30H,2,6-9,12-17H2,1,3-5H3/b20-10?,21-11+/t18-,22?,23-,24+,25?,27+/m0/s1. The molecular formula is C27H44O3. The number of hydrogen-bond acceptors (Lipinski definition) is 3. The van der Waals surface area contributed by atoms with Gasteiger partial charge in [-0.05, 0) is 94.0 Å². The minimum Gasteiger partial charge on any atom is -0.390 e. The molecule has 3 heteroatoms. The molecule has 3 fully saturated rings. The summed E-state index contributed by atoms with van der Waals surface area (Å²) in [5.74, 6) is 2.13. The van der Waals surface area contributed by atoms with Crippen LogP contribution in [0.25, 0.3) is 0 Å². The second-order valence-electron chi connectivity index (χ2n) is 11.4. The van der Waals surface area contributed by atoms with Gasteiger partial charge in [-0.1, -0.05) is 56.6 Å². The number of aliphatic hydroxyl groups excluding tert-OH is 2. The van der Waals surface area contributed by atoms with Crippen molar-refractivity contribution in [3.63, 3.8) is 0 Å². The van der Waals surface area contributed by atoms with Gasteiger partial charge >= 0.3 is 0 Å². The highest BCUT2D eigenvalue weighted by atomic mass is 16.3. The fourth-order valence-corrected chi connectivity index (χ4v) is 6.70. The van der Waals surface area contributed by atoms with Gasteiger partial charge in [0.25, 0.3) is 0 Å². The summed E-state index contributed by atoms with van der Waals surface area (Å²) in [7, 11) is 0. The first-order valence-electron chi connectivity index (χ1n) is 12.2. The van der Waals surface area contributed by atoms with E-state index in [0.29, 0.717) is 35.7 Å². The fourth-order valence-electron chi connectivity index (χ4n) is 6.70. The Kier molecular flexibility index (Phi) is 7.37. The molecule has 3 aliphatic rings. The molecule has 0 aromatic rings. The van der Waals surface area contributed by atoms with Crippen molar-refractivity contribution in [1.82, 2.24) is 0 Å². The van der Waals surface area contributed by atoms with E-state index in [0.717, 1.165) is 24.3 Å². The zero-order valence-electron chi connectivity index (χ0n) is 19.7. The van der Waals surface area contributed by atoms with Gasteiger partial charge in [0.15, 0.2) is 0 Å². The van der Waals surface area contributed by atoms with Gasteiger partial charge in [-0.25, -0.2) is 0 Å². The molecule has 3 N–H and O–H groups in total. The molecule has 3 rings (SSSR count). The van der Waals surface area contributed by atoms with Gasteiger partial charge < -0.3 is 15.3 Å². The molecule has 30 heavy (non-hydrogen) atoms. The van der Waals surface area contributed by atoms with E-state index in [9.17, 15) is 15.3 Å². The maximum atomic E-state index is 10.1. The monoisotopic (exact) mass is 416 g/mol. The largest absolute Gasteiger partial charge is 0.390 e. The molecule has 2 unspecified atom stereocenters. The second kappa shape index (κ2) is 9.30. The highest BCUT2D eigenvalue weighted by molar-refractivity contribution is 5.29. The Morgan fingerprint density at radius 1 is 1.17 bits per heavy atom. The third kappa shape index (κ3) is 5.29. The van der Waals surface area contributed by atoms with Gasteiger partial charge in [-0.15, -0.1) is 0 Å². The van der Waals surface area contributed by atoms with Crippen LogP contribution in [0.15, 0.2) is 35.5 Å². The number of rotatable bonds is 6. The van der Waals surface area contributed by atoms with E-state index < -0.39 is 17.8 Å². The van der Waals surface area contributed by atoms with Crippen LogP contribution in [0.4, 0.5) is 0 Å². The van der Waals surface area contributed by atoms with Crippen LogP contribution in [0, 0.1) is 23.2 Å². The molecule has 3 aliphatic carbocycles. The molecular weight excluding hydrogens is 372 g/mol. The molecule has 0 aliphatic heterocycles. The predicted octanol–water partition coefficient (Wildman–Crippen LogP) is 5.70. The molecule has 0 saturated heterocycles. The van der Waals surface area contributed by atoms with E-state index in [-0.39, 0.29) is 0 Å². The van der Waals surface area contributed by atoms with Gasteiger partial charge in [0.05, 0.1) is 17.8 Å². The Morgan fingerprint density at radius 3 is 2.47 bits per heavy atom. The molecule has 3 nitrogen and oxygen atoms in total. The molecule has 0 bridgehead atoms. The van der Waals surface area contributed by atoms with Crippen LogP contribution in [0.3, 0.4) is 0 Å². The smallest absolute Gasteiger partial charge is 0.0809 e. The first-order chi connectivity index (χ1) is 14.0. The lowest BCUT2D eigenvalue weighted by Crippen LogP contribution is -2.36. The van der Waals surface area contributed by atoms with Gasteiger partial charge in [0.2, 0.25) is 0 Å². The van der Waals surface area contributed by atoms with E-state index in [1.54, 1.807) is 5.57 Å². The van der Waals surface area contributed by atoms with E-state index in [2.05, 4.69) is 32.6 Å². The van der Waals surface area contributed by atoms with Crippen LogP contribution in [0.5, 0.6) is 0 Å². The Balaban J connectivity index is 1.67. The minimum atomic E-state index is -0.615. The summed E-state index contributed by atoms with van der Waals surface area (Å²) in [4.78, 5) is 0. The number of allylic oxidation sites excluding steroid dienone is 3. The van der Waals surface area contributed by atoms with E-state index in [1.165, 1.54) is 38.5 Å². The lowest BCUT2D eigenvalue weighted by Gasteiger charge is -2.44. The van der Waals surface area contributed by atoms with Gasteiger partial charge in [-0.2, -0.15) is 0 Å². The van der Waals surface area contributed by atoms with Crippen molar-refractivity contribution in [2.45, 2.75) is 110 Å². The summed E-state index contributed by atoms with van der Waals surface area (Å²) < 4.78 is 0. The molecule has 0 heterocycles. The zero-order chi connectivity index (χ0) is 22.1. The topological polar surface area (TPSA) is 60.7 Å². The quantitative estimate of drug-likeness (QED) is 0.486. The molecule has 0 radical (unpaired) electrons. The average Bonchev–Trinajstić information content (AvgIpc) is 3.00. The highest BCUT2D eigenvalue weighted by Gasteiger charge is 2.50. The molecule has 3 saturated carbocycles. The van der Waals surface area contributed by atoms with Gasteiger partial charge in [-0.3, -0.25) is 0 Å². The Hall–Kier alpha value is -0.900. The lowest BCUT2D eigenvalue weighted by molar-refractivity contribution is 0.0596. The fraction of sp³-hybridized carbons (Fsp3) is 0.778. The number of hydrogen-bond donors (Lipinski definition) is 3. The first kappa shape index (κ1) is 23.8. The summed E-state index contributed by atoms with van der Waals surface area (Å²) in [6.45, 7) is 12.6. The van der Waals surface area contributed by atoms with Crippen molar-refractivity contribution in [1.29, 1.82) is 0 Å². The number of aliphatic hydroxyl groups is 3. The normalized spacial score (nSPS) is 38.8. The number of fused-ring (bicyclic) bond motifs is 1. The van der Waals surface area contributed by atoms with Gasteiger partial charge in [0.1, 0.15) is 0 Å². The summed E-state index contributed by atoms with van der Waals surface area (Å²) in [5, 5.41) is 30.3. The van der Waals surface area contributed by atoms with Gasteiger partial charge in [0, 0.05) is 0 Å². The van der Waals surface area contributed by atoms with Crippen LogP contribution in [0.2, 0.25) is 0 Å². The second-order valence-corrected chi connectivity index (χ2v) is 11.4. The third-order valence-corrected chi connectivity index (χ3v) is 8.47. The van der Waals surface area contributed by atoms with E-state index >= 15 is 0 Å². The van der Waals surface area contributed by atoms with Crippen LogP contribution < -0.4 is 0 Å². The van der Waals surface area contributed by atoms with Crippen molar-refractivity contribution in [2.24, 2.45) is 23.2 Å². The highest BCUT2D eigenvalue weighted by Crippen LogP contribution is 2.60. The Bertz CT molecular complexity index is 667. The van der Waals surface area contributed by atoms with Crippen LogP contribution in [-0.2, 0) is 0 Å². The molecule has 0 aromatic carbocycles. The lowest BCUT2D eigenvalue weighted by atomic mass is 9.60. The summed E-state index contributed by atoms with van der Waals surface area (Å²) in [6.07, 6.45) is 14.0. The van der Waals surface area contributed by atoms with Crippen molar-refractivity contribution >= 4 is 0 Å². The van der Waals surface area contributed by atoms with Crippen molar-refractivity contribution in [3.8, 4) is 0 Å². The Labute approximate surface area is 184 Å². The molecule has 0 aromatic heterocycles. The SMILES string of the molecule is C=C1C(O)CC(=C/C=C2\CCC[C@]3(C)C([C@@H](C)CCCC(C)(C)O)CC[C@@H]23)C[C@H]1O. The minimum absolute atomic E-state index is 0.386. The predicted molar refractivity (Wildman–Crippen MR) is 124 cm³/mol. The average molecular weight is 417 g/mol. The summed E-state index contributed by atoms with van der Waals surface area (Å²) >= 11 is 0.